The molecule has 2 unspecified atom stereocenters. The molecule has 0 saturated carbocycles. The lowest BCUT2D eigenvalue weighted by atomic mass is 9.91. The lowest BCUT2D eigenvalue weighted by Crippen LogP contribution is -2.10. The van der Waals surface area contributed by atoms with Crippen LogP contribution in [0.3, 0.4) is 0 Å². The standard InChI is InChI=1S/C11H17NO/c1-7-5-11-10(6-8(2)13-11)9(7)3-4-12/h6-7,9H,3-5,12H2,1-2H3. The van der Waals surface area contributed by atoms with E-state index < -0.39 is 0 Å². The third-order valence-corrected chi connectivity index (χ3v) is 3.04. The summed E-state index contributed by atoms with van der Waals surface area (Å²) < 4.78 is 5.63. The van der Waals surface area contributed by atoms with Gasteiger partial charge in [0.15, 0.2) is 0 Å². The second-order valence-corrected chi connectivity index (χ2v) is 4.10. The fourth-order valence-corrected chi connectivity index (χ4v) is 2.42. The minimum atomic E-state index is 0.637. The first-order valence-corrected chi connectivity index (χ1v) is 5.01. The summed E-state index contributed by atoms with van der Waals surface area (Å²) in [5, 5.41) is 0. The molecule has 0 radical (unpaired) electrons. The largest absolute Gasteiger partial charge is 0.466 e. The average Bonchev–Trinajstić information content (AvgIpc) is 2.52. The summed E-state index contributed by atoms with van der Waals surface area (Å²) in [6.45, 7) is 5.08. The van der Waals surface area contributed by atoms with Gasteiger partial charge in [0.2, 0.25) is 0 Å². The Morgan fingerprint density at radius 1 is 1.62 bits per heavy atom. The van der Waals surface area contributed by atoms with Crippen molar-refractivity contribution >= 4 is 0 Å². The molecule has 2 atom stereocenters. The molecule has 2 rings (SSSR count). The molecule has 2 N–H and O–H groups in total. The SMILES string of the molecule is Cc1cc2c(o1)CC(C)C2CCN. The van der Waals surface area contributed by atoms with E-state index in [2.05, 4.69) is 13.0 Å². The third kappa shape index (κ3) is 1.39. The molecule has 1 aliphatic carbocycles. The van der Waals surface area contributed by atoms with Gasteiger partial charge < -0.3 is 10.2 Å². The van der Waals surface area contributed by atoms with Gasteiger partial charge in [0.05, 0.1) is 0 Å². The summed E-state index contributed by atoms with van der Waals surface area (Å²) in [5.74, 6) is 3.58. The van der Waals surface area contributed by atoms with Crippen molar-refractivity contribution in [2.75, 3.05) is 6.54 Å². The Hall–Kier alpha value is -0.760. The van der Waals surface area contributed by atoms with E-state index in [9.17, 15) is 0 Å². The molecule has 1 aromatic heterocycles. The third-order valence-electron chi connectivity index (χ3n) is 3.04. The van der Waals surface area contributed by atoms with Crippen LogP contribution >= 0.6 is 0 Å². The van der Waals surface area contributed by atoms with Crippen molar-refractivity contribution in [1.82, 2.24) is 0 Å². The van der Waals surface area contributed by atoms with Crippen LogP contribution in [-0.4, -0.2) is 6.54 Å². The minimum Gasteiger partial charge on any atom is -0.466 e. The van der Waals surface area contributed by atoms with Gasteiger partial charge in [-0.25, -0.2) is 0 Å². The summed E-state index contributed by atoms with van der Waals surface area (Å²) in [7, 11) is 0. The maximum atomic E-state index is 5.63. The normalized spacial score (nSPS) is 26.4. The number of fused-ring (bicyclic) bond motifs is 1. The van der Waals surface area contributed by atoms with Crippen LogP contribution in [0.1, 0.15) is 36.3 Å². The van der Waals surface area contributed by atoms with Crippen molar-refractivity contribution in [3.63, 3.8) is 0 Å². The van der Waals surface area contributed by atoms with E-state index in [1.165, 1.54) is 11.3 Å². The fourth-order valence-electron chi connectivity index (χ4n) is 2.42. The van der Waals surface area contributed by atoms with E-state index >= 15 is 0 Å². The van der Waals surface area contributed by atoms with Gasteiger partial charge in [0, 0.05) is 6.42 Å². The fraction of sp³-hybridized carbons (Fsp3) is 0.636. The highest BCUT2D eigenvalue weighted by atomic mass is 16.3. The van der Waals surface area contributed by atoms with E-state index in [4.69, 9.17) is 10.2 Å². The average molecular weight is 179 g/mol. The van der Waals surface area contributed by atoms with Gasteiger partial charge in [-0.1, -0.05) is 6.92 Å². The summed E-state index contributed by atoms with van der Waals surface area (Å²) in [6, 6.07) is 2.18. The molecule has 0 bridgehead atoms. The smallest absolute Gasteiger partial charge is 0.107 e. The van der Waals surface area contributed by atoms with Crippen LogP contribution in [0.4, 0.5) is 0 Å². The van der Waals surface area contributed by atoms with Crippen LogP contribution in [0.5, 0.6) is 0 Å². The van der Waals surface area contributed by atoms with Crippen molar-refractivity contribution in [3.05, 3.63) is 23.2 Å². The van der Waals surface area contributed by atoms with Crippen molar-refractivity contribution in [3.8, 4) is 0 Å². The molecule has 13 heavy (non-hydrogen) atoms. The lowest BCUT2D eigenvalue weighted by Gasteiger charge is -2.13. The Balaban J connectivity index is 2.27. The van der Waals surface area contributed by atoms with Crippen LogP contribution in [0.25, 0.3) is 0 Å². The Kier molecular flexibility index (Phi) is 2.16. The summed E-state index contributed by atoms with van der Waals surface area (Å²) in [5.41, 5.74) is 7.02. The molecule has 1 aromatic rings. The molecule has 0 aromatic carbocycles. The van der Waals surface area contributed by atoms with E-state index in [1.807, 2.05) is 6.92 Å². The topological polar surface area (TPSA) is 39.2 Å². The summed E-state index contributed by atoms with van der Waals surface area (Å²) in [6.07, 6.45) is 2.18. The van der Waals surface area contributed by atoms with Crippen LogP contribution in [0.2, 0.25) is 0 Å². The molecular formula is C11H17NO. The van der Waals surface area contributed by atoms with Gasteiger partial charge in [0.1, 0.15) is 11.5 Å². The van der Waals surface area contributed by atoms with Gasteiger partial charge in [-0.3, -0.25) is 0 Å². The molecule has 0 saturated heterocycles. The van der Waals surface area contributed by atoms with Crippen molar-refractivity contribution < 1.29 is 4.42 Å². The van der Waals surface area contributed by atoms with Gasteiger partial charge >= 0.3 is 0 Å². The number of hydrogen-bond donors (Lipinski definition) is 1. The number of rotatable bonds is 2. The Morgan fingerprint density at radius 2 is 2.38 bits per heavy atom. The van der Waals surface area contributed by atoms with E-state index in [0.29, 0.717) is 11.8 Å². The van der Waals surface area contributed by atoms with Gasteiger partial charge in [-0.15, -0.1) is 0 Å². The highest BCUT2D eigenvalue weighted by Gasteiger charge is 2.31. The maximum Gasteiger partial charge on any atom is 0.107 e. The first-order chi connectivity index (χ1) is 6.22. The van der Waals surface area contributed by atoms with Gasteiger partial charge in [-0.2, -0.15) is 0 Å². The molecular weight excluding hydrogens is 162 g/mol. The van der Waals surface area contributed by atoms with Crippen LogP contribution in [0, 0.1) is 12.8 Å². The Morgan fingerprint density at radius 3 is 3.08 bits per heavy atom. The second kappa shape index (κ2) is 3.18. The van der Waals surface area contributed by atoms with E-state index in [0.717, 1.165) is 25.1 Å². The number of nitrogens with two attached hydrogens (primary N) is 1. The first kappa shape index (κ1) is 8.82. The maximum absolute atomic E-state index is 5.63. The molecule has 2 heteroatoms. The molecule has 1 heterocycles. The van der Waals surface area contributed by atoms with Crippen LogP contribution in [-0.2, 0) is 6.42 Å². The predicted molar refractivity (Wildman–Crippen MR) is 52.7 cm³/mol. The number of furan rings is 1. The first-order valence-electron chi connectivity index (χ1n) is 5.01. The van der Waals surface area contributed by atoms with Crippen molar-refractivity contribution in [2.24, 2.45) is 11.7 Å². The van der Waals surface area contributed by atoms with Crippen LogP contribution < -0.4 is 5.73 Å². The lowest BCUT2D eigenvalue weighted by molar-refractivity contribution is 0.434. The Labute approximate surface area is 79.1 Å². The molecule has 0 amide bonds. The van der Waals surface area contributed by atoms with E-state index in [1.54, 1.807) is 0 Å². The molecule has 0 spiro atoms. The molecule has 0 aliphatic heterocycles. The summed E-state index contributed by atoms with van der Waals surface area (Å²) in [4.78, 5) is 0. The molecule has 0 fully saturated rings. The molecule has 1 aliphatic rings. The van der Waals surface area contributed by atoms with E-state index in [-0.39, 0.29) is 0 Å². The number of hydrogen-bond acceptors (Lipinski definition) is 2. The quantitative estimate of drug-likeness (QED) is 0.756. The van der Waals surface area contributed by atoms with Crippen LogP contribution in [0.15, 0.2) is 10.5 Å². The van der Waals surface area contributed by atoms with Crippen molar-refractivity contribution in [1.29, 1.82) is 0 Å². The molecule has 72 valence electrons. The van der Waals surface area contributed by atoms with Crippen molar-refractivity contribution in [2.45, 2.75) is 32.6 Å². The minimum absolute atomic E-state index is 0.637. The zero-order valence-electron chi connectivity index (χ0n) is 8.34. The number of aryl methyl sites for hydroxylation is 1. The molecule has 2 nitrogen and oxygen atoms in total. The van der Waals surface area contributed by atoms with Gasteiger partial charge in [0.25, 0.3) is 0 Å². The predicted octanol–water partition coefficient (Wildman–Crippen LogP) is 2.21. The monoisotopic (exact) mass is 179 g/mol. The Bertz CT molecular complexity index is 303. The summed E-state index contributed by atoms with van der Waals surface area (Å²) >= 11 is 0. The second-order valence-electron chi connectivity index (χ2n) is 4.10. The highest BCUT2D eigenvalue weighted by molar-refractivity contribution is 5.31. The zero-order valence-corrected chi connectivity index (χ0v) is 8.34. The zero-order chi connectivity index (χ0) is 9.42. The van der Waals surface area contributed by atoms with Gasteiger partial charge in [-0.05, 0) is 43.4 Å². The highest BCUT2D eigenvalue weighted by Crippen LogP contribution is 2.41.